The fraction of sp³-hybridized carbons (Fsp3) is 0.370. The van der Waals surface area contributed by atoms with E-state index in [0.717, 1.165) is 45.2 Å². The molecule has 30 heavy (non-hydrogen) atoms. The fourth-order valence-electron chi connectivity index (χ4n) is 7.24. The Morgan fingerprint density at radius 3 is 2.20 bits per heavy atom. The standard InChI is InChI=1S/C27H26O3/c28-25-6-5-20(23-11-21(26(29)30)10-19-3-1-2-4-22(19)23)12-24(25)27-13-16-7-17(14-27)9-18(8-16)15-27/h1-6,10-12,16-18,28H,7-9,13-15H2,(H,29,30). The highest BCUT2D eigenvalue weighted by molar-refractivity contribution is 6.02. The topological polar surface area (TPSA) is 57.5 Å². The third kappa shape index (κ3) is 2.68. The summed E-state index contributed by atoms with van der Waals surface area (Å²) in [5, 5.41) is 22.5. The molecule has 152 valence electrons. The molecule has 0 aliphatic heterocycles. The van der Waals surface area contributed by atoms with Gasteiger partial charge in [-0.1, -0.05) is 30.3 Å². The SMILES string of the molecule is O=C(O)c1cc(-c2ccc(O)c(C34CC5CC(CC(C5)C3)C4)c2)c2ccccc2c1. The predicted octanol–water partition coefficient (Wildman–Crippen LogP) is 6.38. The predicted molar refractivity (Wildman–Crippen MR) is 118 cm³/mol. The normalized spacial score (nSPS) is 29.4. The maximum atomic E-state index is 11.7. The van der Waals surface area contributed by atoms with Crippen molar-refractivity contribution in [3.8, 4) is 16.9 Å². The lowest BCUT2D eigenvalue weighted by Gasteiger charge is -2.57. The molecule has 0 atom stereocenters. The average Bonchev–Trinajstić information content (AvgIpc) is 2.72. The van der Waals surface area contributed by atoms with Crippen molar-refractivity contribution in [3.05, 3.63) is 65.7 Å². The van der Waals surface area contributed by atoms with Gasteiger partial charge >= 0.3 is 5.97 Å². The van der Waals surface area contributed by atoms with E-state index >= 15 is 0 Å². The monoisotopic (exact) mass is 398 g/mol. The van der Waals surface area contributed by atoms with Gasteiger partial charge in [0.15, 0.2) is 0 Å². The Labute approximate surface area is 176 Å². The largest absolute Gasteiger partial charge is 0.508 e. The second-order valence-electron chi connectivity index (χ2n) is 9.98. The van der Waals surface area contributed by atoms with Crippen molar-refractivity contribution >= 4 is 16.7 Å². The van der Waals surface area contributed by atoms with Crippen molar-refractivity contribution in [2.45, 2.75) is 43.9 Å². The van der Waals surface area contributed by atoms with Gasteiger partial charge in [0.25, 0.3) is 0 Å². The lowest BCUT2D eigenvalue weighted by atomic mass is 9.48. The number of aromatic carboxylic acids is 1. The van der Waals surface area contributed by atoms with E-state index < -0.39 is 5.97 Å². The number of hydrogen-bond donors (Lipinski definition) is 2. The van der Waals surface area contributed by atoms with E-state index in [1.54, 1.807) is 12.1 Å². The van der Waals surface area contributed by atoms with Crippen LogP contribution in [0, 0.1) is 17.8 Å². The number of carbonyl (C=O) groups is 1. The van der Waals surface area contributed by atoms with Crippen LogP contribution in [-0.4, -0.2) is 16.2 Å². The maximum Gasteiger partial charge on any atom is 0.335 e. The fourth-order valence-corrected chi connectivity index (χ4v) is 7.24. The molecule has 4 fully saturated rings. The summed E-state index contributed by atoms with van der Waals surface area (Å²) < 4.78 is 0. The van der Waals surface area contributed by atoms with Gasteiger partial charge in [-0.3, -0.25) is 0 Å². The van der Waals surface area contributed by atoms with E-state index in [0.29, 0.717) is 11.3 Å². The van der Waals surface area contributed by atoms with Crippen LogP contribution in [0.5, 0.6) is 5.75 Å². The Morgan fingerprint density at radius 1 is 0.867 bits per heavy atom. The second-order valence-corrected chi connectivity index (χ2v) is 9.98. The first-order chi connectivity index (χ1) is 14.5. The Hall–Kier alpha value is -2.81. The molecule has 4 bridgehead atoms. The summed E-state index contributed by atoms with van der Waals surface area (Å²) >= 11 is 0. The summed E-state index contributed by atoms with van der Waals surface area (Å²) in [6, 6.07) is 17.4. The summed E-state index contributed by atoms with van der Waals surface area (Å²) in [5.74, 6) is 1.89. The number of benzene rings is 3. The van der Waals surface area contributed by atoms with Gasteiger partial charge in [-0.2, -0.15) is 0 Å². The minimum atomic E-state index is -0.915. The smallest absolute Gasteiger partial charge is 0.335 e. The highest BCUT2D eigenvalue weighted by Gasteiger charge is 2.52. The van der Waals surface area contributed by atoms with Crippen molar-refractivity contribution in [1.29, 1.82) is 0 Å². The molecule has 3 heteroatoms. The van der Waals surface area contributed by atoms with Crippen molar-refractivity contribution in [3.63, 3.8) is 0 Å². The molecular weight excluding hydrogens is 372 g/mol. The molecule has 4 saturated carbocycles. The van der Waals surface area contributed by atoms with Crippen molar-refractivity contribution in [1.82, 2.24) is 0 Å². The third-order valence-corrected chi connectivity index (χ3v) is 8.03. The number of fused-ring (bicyclic) bond motifs is 1. The minimum absolute atomic E-state index is 0.0923. The quantitative estimate of drug-likeness (QED) is 0.538. The molecule has 0 unspecified atom stereocenters. The number of carboxylic acids is 1. The number of aromatic hydroxyl groups is 1. The first-order valence-electron chi connectivity index (χ1n) is 11.1. The summed E-state index contributed by atoms with van der Waals surface area (Å²) in [6.45, 7) is 0. The zero-order valence-corrected chi connectivity index (χ0v) is 17.0. The van der Waals surface area contributed by atoms with Gasteiger partial charge in [-0.05, 0) is 108 Å². The van der Waals surface area contributed by atoms with Gasteiger partial charge in [-0.15, -0.1) is 0 Å². The molecule has 0 amide bonds. The number of phenols is 1. The molecule has 3 aromatic rings. The van der Waals surface area contributed by atoms with Crippen LogP contribution < -0.4 is 0 Å². The van der Waals surface area contributed by atoms with E-state index in [4.69, 9.17) is 0 Å². The lowest BCUT2D eigenvalue weighted by Crippen LogP contribution is -2.48. The molecule has 4 aliphatic rings. The van der Waals surface area contributed by atoms with Crippen molar-refractivity contribution in [2.24, 2.45) is 17.8 Å². The highest BCUT2D eigenvalue weighted by Crippen LogP contribution is 2.62. The molecule has 3 aromatic carbocycles. The average molecular weight is 399 g/mol. The van der Waals surface area contributed by atoms with Gasteiger partial charge in [0.1, 0.15) is 5.75 Å². The number of hydrogen-bond acceptors (Lipinski definition) is 2. The van der Waals surface area contributed by atoms with Crippen molar-refractivity contribution < 1.29 is 15.0 Å². The van der Waals surface area contributed by atoms with Crippen LogP contribution in [0.2, 0.25) is 0 Å². The van der Waals surface area contributed by atoms with E-state index in [1.165, 1.54) is 38.5 Å². The molecule has 4 aliphatic carbocycles. The maximum absolute atomic E-state index is 11.7. The summed E-state index contributed by atoms with van der Waals surface area (Å²) in [4.78, 5) is 11.7. The Morgan fingerprint density at radius 2 is 1.53 bits per heavy atom. The van der Waals surface area contributed by atoms with Crippen LogP contribution >= 0.6 is 0 Å². The lowest BCUT2D eigenvalue weighted by molar-refractivity contribution is -0.00611. The first kappa shape index (κ1) is 18.0. The van der Waals surface area contributed by atoms with Crippen molar-refractivity contribution in [2.75, 3.05) is 0 Å². The Kier molecular flexibility index (Phi) is 3.80. The molecule has 0 aromatic heterocycles. The summed E-state index contributed by atoms with van der Waals surface area (Å²) in [7, 11) is 0. The number of phenolic OH excluding ortho intramolecular Hbond substituents is 1. The van der Waals surface area contributed by atoms with Gasteiger partial charge in [0.2, 0.25) is 0 Å². The Bertz CT molecular complexity index is 1140. The molecule has 0 radical (unpaired) electrons. The van der Waals surface area contributed by atoms with Crippen LogP contribution in [0.3, 0.4) is 0 Å². The number of rotatable bonds is 3. The molecule has 7 rings (SSSR count). The third-order valence-electron chi connectivity index (χ3n) is 8.03. The van der Waals surface area contributed by atoms with E-state index in [2.05, 4.69) is 6.07 Å². The molecule has 0 saturated heterocycles. The molecule has 0 heterocycles. The molecule has 0 spiro atoms. The highest BCUT2D eigenvalue weighted by atomic mass is 16.4. The van der Waals surface area contributed by atoms with E-state index in [9.17, 15) is 15.0 Å². The van der Waals surface area contributed by atoms with Gasteiger partial charge in [0.05, 0.1) is 5.56 Å². The minimum Gasteiger partial charge on any atom is -0.508 e. The first-order valence-corrected chi connectivity index (χ1v) is 11.1. The van der Waals surface area contributed by atoms with Gasteiger partial charge in [0, 0.05) is 5.56 Å². The van der Waals surface area contributed by atoms with Crippen LogP contribution in [0.4, 0.5) is 0 Å². The number of carboxylic acid groups (broad SMARTS) is 1. The summed E-state index contributed by atoms with van der Waals surface area (Å²) in [6.07, 6.45) is 7.66. The van der Waals surface area contributed by atoms with Gasteiger partial charge in [-0.25, -0.2) is 4.79 Å². The zero-order chi connectivity index (χ0) is 20.5. The van der Waals surface area contributed by atoms with Gasteiger partial charge < -0.3 is 10.2 Å². The molecule has 2 N–H and O–H groups in total. The summed E-state index contributed by atoms with van der Waals surface area (Å²) in [5.41, 5.74) is 3.40. The van der Waals surface area contributed by atoms with Crippen LogP contribution in [0.25, 0.3) is 21.9 Å². The second kappa shape index (κ2) is 6.34. The zero-order valence-electron chi connectivity index (χ0n) is 17.0. The molecule has 3 nitrogen and oxygen atoms in total. The van der Waals surface area contributed by atoms with Crippen LogP contribution in [0.1, 0.15) is 54.4 Å². The molecular formula is C27H26O3. The van der Waals surface area contributed by atoms with Crippen LogP contribution in [-0.2, 0) is 5.41 Å². The van der Waals surface area contributed by atoms with Crippen LogP contribution in [0.15, 0.2) is 54.6 Å². The van der Waals surface area contributed by atoms with E-state index in [-0.39, 0.29) is 5.41 Å². The Balaban J connectivity index is 1.53. The van der Waals surface area contributed by atoms with E-state index in [1.807, 2.05) is 36.4 Å².